The lowest BCUT2D eigenvalue weighted by molar-refractivity contribution is -0.143. The first-order valence-corrected chi connectivity index (χ1v) is 22.1. The molecule has 13 heteroatoms. The first kappa shape index (κ1) is 42.1. The van der Waals surface area contributed by atoms with Crippen LogP contribution in [0, 0.1) is 29.6 Å². The molecule has 5 N–H and O–H groups in total. The second kappa shape index (κ2) is 20.8. The Labute approximate surface area is 333 Å². The minimum atomic E-state index is -1.09. The summed E-state index contributed by atoms with van der Waals surface area (Å²) >= 11 is 0. The number of hydrogen-bond donors (Lipinski definition) is 5. The molecule has 6 fully saturated rings. The van der Waals surface area contributed by atoms with E-state index in [0.717, 1.165) is 63.7 Å². The zero-order chi connectivity index (χ0) is 39.4. The lowest BCUT2D eigenvalue weighted by Crippen LogP contribution is -2.58. The summed E-state index contributed by atoms with van der Waals surface area (Å²) in [6.45, 7) is -0.216. The van der Waals surface area contributed by atoms with Crippen molar-refractivity contribution in [3.05, 3.63) is 18.2 Å². The molecular formula is C43H68N6O7. The molecule has 1 aromatic rings. The number of carbonyl (C=O) groups excluding carboxylic acids is 4. The van der Waals surface area contributed by atoms with E-state index in [1.165, 1.54) is 38.5 Å². The van der Waals surface area contributed by atoms with Gasteiger partial charge < -0.3 is 35.7 Å². The first-order chi connectivity index (χ1) is 27.1. The number of aliphatic carboxylic acids is 1. The van der Waals surface area contributed by atoms with E-state index >= 15 is 0 Å². The van der Waals surface area contributed by atoms with Crippen molar-refractivity contribution in [3.63, 3.8) is 0 Å². The molecule has 6 aliphatic rings. The second-order valence-electron chi connectivity index (χ2n) is 18.1. The van der Waals surface area contributed by atoms with Crippen molar-refractivity contribution in [2.75, 3.05) is 6.61 Å². The molecule has 7 rings (SSSR count). The van der Waals surface area contributed by atoms with Gasteiger partial charge in [0.1, 0.15) is 30.8 Å². The van der Waals surface area contributed by atoms with E-state index in [4.69, 9.17) is 4.74 Å². The largest absolute Gasteiger partial charge is 0.480 e. The third-order valence-electron chi connectivity index (χ3n) is 13.9. The monoisotopic (exact) mass is 781 g/mol. The van der Waals surface area contributed by atoms with Crippen LogP contribution in [0.1, 0.15) is 147 Å². The van der Waals surface area contributed by atoms with Gasteiger partial charge in [-0.3, -0.25) is 19.2 Å². The second-order valence-corrected chi connectivity index (χ2v) is 18.1. The number of carboxylic acids is 1. The van der Waals surface area contributed by atoms with Gasteiger partial charge in [0.25, 0.3) is 0 Å². The third-order valence-corrected chi connectivity index (χ3v) is 13.9. The maximum Gasteiger partial charge on any atom is 0.326 e. The van der Waals surface area contributed by atoms with Crippen molar-refractivity contribution in [2.45, 2.75) is 178 Å². The molecule has 0 spiro atoms. The smallest absolute Gasteiger partial charge is 0.326 e. The molecule has 2 saturated heterocycles. The Kier molecular flexibility index (Phi) is 15.6. The fourth-order valence-electron chi connectivity index (χ4n) is 10.5. The molecule has 0 radical (unpaired) electrons. The Balaban J connectivity index is 1.24. The van der Waals surface area contributed by atoms with Crippen molar-refractivity contribution in [1.82, 2.24) is 30.8 Å². The Morgan fingerprint density at radius 3 is 2.00 bits per heavy atom. The van der Waals surface area contributed by atoms with E-state index in [9.17, 15) is 29.1 Å². The predicted octanol–water partition coefficient (Wildman–Crippen LogP) is 5.10. The van der Waals surface area contributed by atoms with Gasteiger partial charge in [-0.25, -0.2) is 9.78 Å². The van der Waals surface area contributed by atoms with E-state index in [1.54, 1.807) is 17.1 Å². The normalized spacial score (nSPS) is 32.6. The number of nitrogens with zero attached hydrogens (tertiary/aromatic N) is 2. The van der Waals surface area contributed by atoms with Crippen molar-refractivity contribution in [3.8, 4) is 0 Å². The van der Waals surface area contributed by atoms with Gasteiger partial charge in [0.15, 0.2) is 0 Å². The van der Waals surface area contributed by atoms with Crippen LogP contribution >= 0.6 is 0 Å². The van der Waals surface area contributed by atoms with E-state index < -0.39 is 53.8 Å². The predicted molar refractivity (Wildman–Crippen MR) is 211 cm³/mol. The van der Waals surface area contributed by atoms with Gasteiger partial charge in [-0.2, -0.15) is 0 Å². The Hall–Kier alpha value is -3.48. The van der Waals surface area contributed by atoms with Crippen LogP contribution in [0.25, 0.3) is 0 Å². The van der Waals surface area contributed by atoms with E-state index in [-0.39, 0.29) is 37.4 Å². The van der Waals surface area contributed by atoms with Gasteiger partial charge >= 0.3 is 5.97 Å². The van der Waals surface area contributed by atoms with Crippen molar-refractivity contribution in [2.24, 2.45) is 36.6 Å². The molecule has 2 aliphatic heterocycles. The molecule has 1 aromatic heterocycles. The molecule has 4 unspecified atom stereocenters. The lowest BCUT2D eigenvalue weighted by Gasteiger charge is -2.37. The number of nitrogens with one attached hydrogen (secondary N) is 4. The third kappa shape index (κ3) is 12.5. The van der Waals surface area contributed by atoms with Crippen LogP contribution in [0.15, 0.2) is 12.5 Å². The minimum Gasteiger partial charge on any atom is -0.480 e. The summed E-state index contributed by atoms with van der Waals surface area (Å²) in [6.07, 6.45) is 24.4. The number of aryl methyl sites for hydroxylation is 1. The Morgan fingerprint density at radius 1 is 0.714 bits per heavy atom. The number of fused-ring (bicyclic) bond motifs is 16. The van der Waals surface area contributed by atoms with Crippen LogP contribution in [-0.4, -0.2) is 81.1 Å². The van der Waals surface area contributed by atoms with E-state index in [1.807, 2.05) is 7.05 Å². The van der Waals surface area contributed by atoms with Crippen LogP contribution in [0.3, 0.4) is 0 Å². The van der Waals surface area contributed by atoms with E-state index in [0.29, 0.717) is 56.1 Å². The van der Waals surface area contributed by atoms with Gasteiger partial charge in [-0.15, -0.1) is 0 Å². The molecule has 2 bridgehead atoms. The molecule has 13 nitrogen and oxygen atoms in total. The molecule has 4 amide bonds. The average Bonchev–Trinajstić information content (AvgIpc) is 3.62. The van der Waals surface area contributed by atoms with Crippen LogP contribution in [0.2, 0.25) is 0 Å². The van der Waals surface area contributed by atoms with Gasteiger partial charge in [0.05, 0.1) is 18.1 Å². The highest BCUT2D eigenvalue weighted by Crippen LogP contribution is 2.41. The van der Waals surface area contributed by atoms with Crippen LogP contribution in [-0.2, 0) is 42.2 Å². The van der Waals surface area contributed by atoms with Gasteiger partial charge in [-0.1, -0.05) is 77.0 Å². The van der Waals surface area contributed by atoms with E-state index in [2.05, 4.69) is 26.3 Å². The number of carbonyl (C=O) groups is 5. The van der Waals surface area contributed by atoms with Crippen molar-refractivity contribution < 1.29 is 33.8 Å². The van der Waals surface area contributed by atoms with Crippen LogP contribution in [0.5, 0.6) is 0 Å². The van der Waals surface area contributed by atoms with Crippen molar-refractivity contribution in [1.29, 1.82) is 0 Å². The average molecular weight is 781 g/mol. The summed E-state index contributed by atoms with van der Waals surface area (Å²) in [5.41, 5.74) is 0.625. The van der Waals surface area contributed by atoms with Crippen LogP contribution in [0.4, 0.5) is 0 Å². The zero-order valence-corrected chi connectivity index (χ0v) is 33.7. The number of aromatic nitrogens is 2. The summed E-state index contributed by atoms with van der Waals surface area (Å²) in [7, 11) is 1.84. The topological polar surface area (TPSA) is 181 Å². The SMILES string of the molecule is Cn1cnc(CC2NC(=O)COC3CCC(CC3)CC(C(=O)O)NC(=O)C(CCC3CCCCC3)NC(=O)C(CC3CCC(C4CCCCC4)CC3)NC2=O)c1. The molecule has 0 aromatic carbocycles. The number of hydrogen-bond acceptors (Lipinski definition) is 7. The maximum absolute atomic E-state index is 14.5. The standard InChI is InChI=1S/C43H68N6O7/c1-49-25-33(44-27-49)24-37-42(53)47-36(22-29-12-17-32(18-13-29)31-10-6-3-7-11-31)41(52)46-35(21-16-28-8-4-2-5-9-28)40(51)48-38(43(54)55)23-30-14-19-34(20-15-30)56-26-39(50)45-37/h25,27-32,34-38H,2-24,26H2,1H3,(H,45,50)(H,46,52)(H,47,53)(H,48,51)(H,54,55). The number of rotatable bonds is 9. The highest BCUT2D eigenvalue weighted by Gasteiger charge is 2.37. The summed E-state index contributed by atoms with van der Waals surface area (Å²) in [6, 6.07) is -3.98. The highest BCUT2D eigenvalue weighted by atomic mass is 16.5. The lowest BCUT2D eigenvalue weighted by atomic mass is 9.70. The quantitative estimate of drug-likeness (QED) is 0.215. The molecule has 56 heavy (non-hydrogen) atoms. The zero-order valence-electron chi connectivity index (χ0n) is 33.7. The summed E-state index contributed by atoms with van der Waals surface area (Å²) in [5.74, 6) is -0.735. The highest BCUT2D eigenvalue weighted by molar-refractivity contribution is 5.95. The number of amides is 4. The summed E-state index contributed by atoms with van der Waals surface area (Å²) < 4.78 is 7.79. The number of carboxylic acid groups (broad SMARTS) is 1. The summed E-state index contributed by atoms with van der Waals surface area (Å²) in [4.78, 5) is 73.1. The van der Waals surface area contributed by atoms with Gasteiger partial charge in [-0.05, 0) is 93.8 Å². The number of imidazole rings is 1. The molecule has 4 aliphatic carbocycles. The van der Waals surface area contributed by atoms with Gasteiger partial charge in [0, 0.05) is 19.7 Å². The molecule has 3 heterocycles. The Morgan fingerprint density at radius 2 is 1.34 bits per heavy atom. The fraction of sp³-hybridized carbons (Fsp3) is 0.814. The van der Waals surface area contributed by atoms with Crippen LogP contribution < -0.4 is 21.3 Å². The fourth-order valence-corrected chi connectivity index (χ4v) is 10.5. The van der Waals surface area contributed by atoms with Gasteiger partial charge in [0.2, 0.25) is 23.6 Å². The molecular weight excluding hydrogens is 713 g/mol. The Bertz CT molecular complexity index is 1460. The minimum absolute atomic E-state index is 0.0737. The molecule has 4 atom stereocenters. The number of ether oxygens (including phenoxy) is 1. The van der Waals surface area contributed by atoms with Crippen molar-refractivity contribution >= 4 is 29.6 Å². The first-order valence-electron chi connectivity index (χ1n) is 22.1. The molecule has 312 valence electrons. The maximum atomic E-state index is 14.5. The summed E-state index contributed by atoms with van der Waals surface area (Å²) in [5, 5.41) is 22.0. The molecule has 4 saturated carbocycles.